The zero-order chi connectivity index (χ0) is 13.9. The van der Waals surface area contributed by atoms with Gasteiger partial charge in [0.1, 0.15) is 11.6 Å². The lowest BCUT2D eigenvalue weighted by Gasteiger charge is -2.07. The topological polar surface area (TPSA) is 86.0 Å². The Morgan fingerprint density at radius 1 is 1.15 bits per heavy atom. The van der Waals surface area contributed by atoms with E-state index in [1.54, 1.807) is 19.3 Å². The van der Waals surface area contributed by atoms with Gasteiger partial charge >= 0.3 is 0 Å². The van der Waals surface area contributed by atoms with Crippen molar-refractivity contribution in [1.82, 2.24) is 15.0 Å². The van der Waals surface area contributed by atoms with E-state index in [1.807, 2.05) is 30.3 Å². The summed E-state index contributed by atoms with van der Waals surface area (Å²) in [6.07, 6.45) is 1.74. The number of ether oxygens (including phenoxy) is 1. The molecule has 0 aliphatic rings. The molecule has 0 unspecified atom stereocenters. The smallest absolute Gasteiger partial charge is 0.226 e. The summed E-state index contributed by atoms with van der Waals surface area (Å²) in [4.78, 5) is 12.3. The average Bonchev–Trinajstić information content (AvgIpc) is 2.46. The molecule has 0 radical (unpaired) electrons. The number of rotatable bonds is 3. The number of benzene rings is 1. The lowest BCUT2D eigenvalue weighted by Crippen LogP contribution is -2.01. The molecule has 3 aromatic rings. The van der Waals surface area contributed by atoms with Crippen molar-refractivity contribution in [3.63, 3.8) is 0 Å². The van der Waals surface area contributed by atoms with Crippen LogP contribution in [0.1, 0.15) is 0 Å². The number of aromatic nitrogens is 3. The summed E-state index contributed by atoms with van der Waals surface area (Å²) < 4.78 is 5.70. The summed E-state index contributed by atoms with van der Waals surface area (Å²) in [6.45, 7) is 0. The molecule has 0 saturated heterocycles. The minimum atomic E-state index is 0.158. The van der Waals surface area contributed by atoms with Crippen LogP contribution in [0.5, 0.6) is 11.6 Å². The zero-order valence-electron chi connectivity index (χ0n) is 10.9. The number of nitrogens with zero attached hydrogens (tertiary/aromatic N) is 3. The minimum Gasteiger partial charge on any atom is -0.439 e. The number of nitrogens with one attached hydrogen (secondary N) is 1. The third-order valence-corrected chi connectivity index (χ3v) is 2.78. The van der Waals surface area contributed by atoms with Crippen molar-refractivity contribution in [1.29, 1.82) is 0 Å². The van der Waals surface area contributed by atoms with Crippen LogP contribution in [0.2, 0.25) is 0 Å². The fourth-order valence-corrected chi connectivity index (χ4v) is 1.85. The molecule has 0 saturated carbocycles. The summed E-state index contributed by atoms with van der Waals surface area (Å²) in [5, 5.41) is 3.95. The molecule has 3 rings (SSSR count). The van der Waals surface area contributed by atoms with Crippen LogP contribution in [0.25, 0.3) is 10.9 Å². The Bertz CT molecular complexity index is 759. The third-order valence-electron chi connectivity index (χ3n) is 2.78. The van der Waals surface area contributed by atoms with E-state index in [-0.39, 0.29) is 5.95 Å². The number of nitrogens with two attached hydrogens (primary N) is 1. The Balaban J connectivity index is 1.94. The molecule has 1 aromatic carbocycles. The zero-order valence-corrected chi connectivity index (χ0v) is 10.9. The lowest BCUT2D eigenvalue weighted by molar-refractivity contribution is 0.463. The Morgan fingerprint density at radius 2 is 2.05 bits per heavy atom. The van der Waals surface area contributed by atoms with Gasteiger partial charge in [0, 0.05) is 30.8 Å². The summed E-state index contributed by atoms with van der Waals surface area (Å²) in [6, 6.07) is 11.2. The first-order valence-electron chi connectivity index (χ1n) is 6.09. The van der Waals surface area contributed by atoms with Crippen molar-refractivity contribution in [2.75, 3.05) is 18.1 Å². The summed E-state index contributed by atoms with van der Waals surface area (Å²) >= 11 is 0. The second-order valence-electron chi connectivity index (χ2n) is 4.16. The maximum atomic E-state index is 5.70. The van der Waals surface area contributed by atoms with Crippen molar-refractivity contribution < 1.29 is 4.74 Å². The fraction of sp³-hybridized carbons (Fsp3) is 0.0714. The standard InChI is InChI=1S/C14H13N5O/c1-16-12-8-13(19-14(15)18-12)20-10-5-4-9-3-2-6-17-11(9)7-10/h2-8H,1H3,(H3,15,16,18,19). The molecular formula is C14H13N5O. The van der Waals surface area contributed by atoms with Gasteiger partial charge in [0.05, 0.1) is 5.52 Å². The predicted molar refractivity (Wildman–Crippen MR) is 77.8 cm³/mol. The van der Waals surface area contributed by atoms with Crippen LogP contribution in [-0.2, 0) is 0 Å². The van der Waals surface area contributed by atoms with E-state index in [9.17, 15) is 0 Å². The molecule has 0 amide bonds. The highest BCUT2D eigenvalue weighted by molar-refractivity contribution is 5.79. The van der Waals surface area contributed by atoms with Gasteiger partial charge in [0.15, 0.2) is 0 Å². The lowest BCUT2D eigenvalue weighted by atomic mass is 10.2. The van der Waals surface area contributed by atoms with Crippen LogP contribution in [0.4, 0.5) is 11.8 Å². The first-order valence-corrected chi connectivity index (χ1v) is 6.09. The number of pyridine rings is 1. The Morgan fingerprint density at radius 3 is 2.90 bits per heavy atom. The van der Waals surface area contributed by atoms with Gasteiger partial charge in [-0.2, -0.15) is 9.97 Å². The first kappa shape index (κ1) is 12.2. The van der Waals surface area contributed by atoms with Crippen LogP contribution >= 0.6 is 0 Å². The molecule has 6 heteroatoms. The summed E-state index contributed by atoms with van der Waals surface area (Å²) in [5.74, 6) is 1.80. The van der Waals surface area contributed by atoms with Gasteiger partial charge in [-0.3, -0.25) is 4.98 Å². The molecule has 100 valence electrons. The quantitative estimate of drug-likeness (QED) is 0.758. The van der Waals surface area contributed by atoms with Crippen LogP contribution in [0, 0.1) is 0 Å². The van der Waals surface area contributed by atoms with Crippen LogP contribution in [0.3, 0.4) is 0 Å². The summed E-state index contributed by atoms with van der Waals surface area (Å²) in [7, 11) is 1.76. The third kappa shape index (κ3) is 2.44. The fourth-order valence-electron chi connectivity index (χ4n) is 1.85. The number of hydrogen-bond acceptors (Lipinski definition) is 6. The van der Waals surface area contributed by atoms with Gasteiger partial charge in [0.25, 0.3) is 0 Å². The number of fused-ring (bicyclic) bond motifs is 1. The summed E-state index contributed by atoms with van der Waals surface area (Å²) in [5.41, 5.74) is 6.49. The second kappa shape index (κ2) is 5.00. The van der Waals surface area contributed by atoms with Gasteiger partial charge in [-0.1, -0.05) is 6.07 Å². The van der Waals surface area contributed by atoms with Crippen molar-refractivity contribution in [3.05, 3.63) is 42.6 Å². The monoisotopic (exact) mass is 267 g/mol. The van der Waals surface area contributed by atoms with Crippen LogP contribution in [0.15, 0.2) is 42.6 Å². The van der Waals surface area contributed by atoms with Gasteiger partial charge in [-0.25, -0.2) is 0 Å². The second-order valence-corrected chi connectivity index (χ2v) is 4.16. The first-order chi connectivity index (χ1) is 9.74. The van der Waals surface area contributed by atoms with Crippen molar-refractivity contribution in [3.8, 4) is 11.6 Å². The average molecular weight is 267 g/mol. The largest absolute Gasteiger partial charge is 0.439 e. The maximum absolute atomic E-state index is 5.70. The SMILES string of the molecule is CNc1cc(Oc2ccc3cccnc3c2)nc(N)n1. The molecule has 2 heterocycles. The van der Waals surface area contributed by atoms with Gasteiger partial charge < -0.3 is 15.8 Å². The van der Waals surface area contributed by atoms with Crippen LogP contribution in [-0.4, -0.2) is 22.0 Å². The normalized spacial score (nSPS) is 10.4. The van der Waals surface area contributed by atoms with Crippen molar-refractivity contribution >= 4 is 22.7 Å². The molecule has 0 aliphatic carbocycles. The molecule has 20 heavy (non-hydrogen) atoms. The molecule has 0 bridgehead atoms. The van der Waals surface area contributed by atoms with Crippen molar-refractivity contribution in [2.24, 2.45) is 0 Å². The van der Waals surface area contributed by atoms with Gasteiger partial charge in [-0.15, -0.1) is 0 Å². The molecule has 0 fully saturated rings. The highest BCUT2D eigenvalue weighted by Gasteiger charge is 2.05. The Labute approximate surface area is 115 Å². The van der Waals surface area contributed by atoms with Gasteiger partial charge in [-0.05, 0) is 18.2 Å². The highest BCUT2D eigenvalue weighted by atomic mass is 16.5. The number of nitrogen functional groups attached to an aromatic ring is 1. The molecule has 3 N–H and O–H groups in total. The van der Waals surface area contributed by atoms with E-state index in [1.165, 1.54) is 0 Å². The number of hydrogen-bond donors (Lipinski definition) is 2. The predicted octanol–water partition coefficient (Wildman–Crippen LogP) is 2.44. The minimum absolute atomic E-state index is 0.158. The van der Waals surface area contributed by atoms with Gasteiger partial charge in [0.2, 0.25) is 11.8 Å². The molecule has 0 aliphatic heterocycles. The van der Waals surface area contributed by atoms with E-state index in [2.05, 4.69) is 20.3 Å². The molecule has 0 spiro atoms. The molecule has 2 aromatic heterocycles. The molecular weight excluding hydrogens is 254 g/mol. The van der Waals surface area contributed by atoms with E-state index >= 15 is 0 Å². The van der Waals surface area contributed by atoms with Crippen molar-refractivity contribution in [2.45, 2.75) is 0 Å². The Kier molecular flexibility index (Phi) is 3.04. The van der Waals surface area contributed by atoms with E-state index < -0.39 is 0 Å². The molecule has 6 nitrogen and oxygen atoms in total. The number of anilines is 2. The highest BCUT2D eigenvalue weighted by Crippen LogP contribution is 2.25. The Hall–Kier alpha value is -2.89. The van der Waals surface area contributed by atoms with E-state index in [0.29, 0.717) is 17.4 Å². The molecule has 0 atom stereocenters. The maximum Gasteiger partial charge on any atom is 0.226 e. The van der Waals surface area contributed by atoms with E-state index in [0.717, 1.165) is 10.9 Å². The van der Waals surface area contributed by atoms with E-state index in [4.69, 9.17) is 10.5 Å². The van der Waals surface area contributed by atoms with Crippen LogP contribution < -0.4 is 15.8 Å².